The molecule has 0 spiro atoms. The summed E-state index contributed by atoms with van der Waals surface area (Å²) in [6, 6.07) is 7.46. The molecule has 0 atom stereocenters. The number of carboxylic acid groups (broad SMARTS) is 1. The summed E-state index contributed by atoms with van der Waals surface area (Å²) < 4.78 is 0.966. The first-order valence-electron chi connectivity index (χ1n) is 6.27. The third kappa shape index (κ3) is 2.11. The molecule has 0 radical (unpaired) electrons. The maximum Gasteiger partial charge on any atom is 0.336 e. The fourth-order valence-corrected chi connectivity index (χ4v) is 3.47. The number of non-ortho nitro benzene ring substituents is 1. The van der Waals surface area contributed by atoms with Crippen molar-refractivity contribution in [1.29, 1.82) is 0 Å². The van der Waals surface area contributed by atoms with E-state index < -0.39 is 16.3 Å². The molecule has 0 amide bonds. The molecule has 6 nitrogen and oxygen atoms in total. The predicted octanol–water partition coefficient (Wildman–Crippen LogP) is 3.33. The molecule has 3 aromatic rings. The lowest BCUT2D eigenvalue weighted by atomic mass is 10.1. The molecule has 1 N–H and O–H groups in total. The van der Waals surface area contributed by atoms with E-state index in [0.717, 1.165) is 11.6 Å². The van der Waals surface area contributed by atoms with Crippen LogP contribution in [-0.2, 0) is 0 Å². The van der Waals surface area contributed by atoms with Crippen molar-refractivity contribution in [2.45, 2.75) is 6.92 Å². The Morgan fingerprint density at radius 2 is 1.95 bits per heavy atom. The van der Waals surface area contributed by atoms with Crippen molar-refractivity contribution in [2.24, 2.45) is 0 Å². The summed E-state index contributed by atoms with van der Waals surface area (Å²) >= 11 is 1.17. The van der Waals surface area contributed by atoms with Crippen LogP contribution < -0.4 is 5.43 Å². The molecule has 0 saturated heterocycles. The molecule has 0 aliphatic heterocycles. The summed E-state index contributed by atoms with van der Waals surface area (Å²) in [7, 11) is 0. The van der Waals surface area contributed by atoms with Gasteiger partial charge in [-0.05, 0) is 19.1 Å². The van der Waals surface area contributed by atoms with Crippen LogP contribution in [0.4, 0.5) is 5.69 Å². The Labute approximate surface area is 127 Å². The number of hydrogen-bond acceptors (Lipinski definition) is 5. The number of aromatic carboxylic acids is 1. The first-order valence-corrected chi connectivity index (χ1v) is 7.09. The third-order valence-electron chi connectivity index (χ3n) is 3.35. The van der Waals surface area contributed by atoms with Crippen molar-refractivity contribution in [3.05, 3.63) is 61.8 Å². The fourth-order valence-electron chi connectivity index (χ4n) is 2.35. The number of fused-ring (bicyclic) bond motifs is 2. The number of nitro benzene ring substituents is 1. The zero-order valence-electron chi connectivity index (χ0n) is 11.3. The fraction of sp³-hybridized carbons (Fsp3) is 0.0667. The number of benzene rings is 2. The molecule has 1 heterocycles. The largest absolute Gasteiger partial charge is 0.478 e. The van der Waals surface area contributed by atoms with Gasteiger partial charge in [-0.2, -0.15) is 0 Å². The first-order chi connectivity index (χ1) is 10.4. The lowest BCUT2D eigenvalue weighted by Crippen LogP contribution is -2.09. The van der Waals surface area contributed by atoms with Crippen LogP contribution in [0.3, 0.4) is 0 Å². The summed E-state index contributed by atoms with van der Waals surface area (Å²) in [6.45, 7) is 1.84. The van der Waals surface area contributed by atoms with Gasteiger partial charge in [0.05, 0.1) is 15.9 Å². The van der Waals surface area contributed by atoms with Gasteiger partial charge in [0.2, 0.25) is 0 Å². The number of hydrogen-bond donors (Lipinski definition) is 1. The maximum atomic E-state index is 12.6. The van der Waals surface area contributed by atoms with Crippen LogP contribution in [0.5, 0.6) is 0 Å². The van der Waals surface area contributed by atoms with E-state index in [1.54, 1.807) is 12.1 Å². The Morgan fingerprint density at radius 3 is 2.59 bits per heavy atom. The zero-order valence-corrected chi connectivity index (χ0v) is 12.1. The van der Waals surface area contributed by atoms with Gasteiger partial charge in [-0.3, -0.25) is 14.9 Å². The SMILES string of the molecule is Cc1ccc2sc3cc([N+](=O)[O-])cc(C(=O)O)c3c(=O)c2c1. The molecule has 0 fully saturated rings. The molecule has 0 unspecified atom stereocenters. The van der Waals surface area contributed by atoms with Crippen molar-refractivity contribution in [1.82, 2.24) is 0 Å². The highest BCUT2D eigenvalue weighted by molar-refractivity contribution is 7.24. The molecule has 1 aromatic heterocycles. The van der Waals surface area contributed by atoms with Crippen LogP contribution in [0.15, 0.2) is 35.1 Å². The van der Waals surface area contributed by atoms with Crippen molar-refractivity contribution in [3.63, 3.8) is 0 Å². The lowest BCUT2D eigenvalue weighted by Gasteiger charge is -2.05. The maximum absolute atomic E-state index is 12.6. The quantitative estimate of drug-likeness (QED) is 0.444. The third-order valence-corrected chi connectivity index (χ3v) is 4.47. The average molecular weight is 315 g/mol. The van der Waals surface area contributed by atoms with Crippen LogP contribution in [-0.4, -0.2) is 16.0 Å². The number of carbonyl (C=O) groups is 1. The highest BCUT2D eigenvalue weighted by Gasteiger charge is 2.20. The van der Waals surface area contributed by atoms with Gasteiger partial charge in [0.25, 0.3) is 5.69 Å². The molecule has 0 bridgehead atoms. The second kappa shape index (κ2) is 4.88. The van der Waals surface area contributed by atoms with Gasteiger partial charge in [-0.15, -0.1) is 11.3 Å². The molecule has 110 valence electrons. The highest BCUT2D eigenvalue weighted by atomic mass is 32.1. The van der Waals surface area contributed by atoms with Crippen LogP contribution >= 0.6 is 11.3 Å². The molecule has 7 heteroatoms. The van der Waals surface area contributed by atoms with Gasteiger partial charge in [-0.1, -0.05) is 11.6 Å². The Balaban J connectivity index is 2.57. The van der Waals surface area contributed by atoms with E-state index in [-0.39, 0.29) is 16.6 Å². The summed E-state index contributed by atoms with van der Waals surface area (Å²) in [5.41, 5.74) is -0.212. The summed E-state index contributed by atoms with van der Waals surface area (Å²) in [5.74, 6) is -1.36. The minimum absolute atomic E-state index is 0.0150. The molecule has 0 aliphatic rings. The van der Waals surface area contributed by atoms with E-state index in [9.17, 15) is 24.8 Å². The van der Waals surface area contributed by atoms with Gasteiger partial charge < -0.3 is 5.11 Å². The topological polar surface area (TPSA) is 97.5 Å². The summed E-state index contributed by atoms with van der Waals surface area (Å²) in [6.07, 6.45) is 0. The van der Waals surface area contributed by atoms with Crippen LogP contribution in [0.25, 0.3) is 20.2 Å². The van der Waals surface area contributed by atoms with Crippen molar-refractivity contribution < 1.29 is 14.8 Å². The minimum atomic E-state index is -1.36. The second-order valence-electron chi connectivity index (χ2n) is 4.86. The molecule has 0 aliphatic carbocycles. The van der Waals surface area contributed by atoms with E-state index >= 15 is 0 Å². The van der Waals surface area contributed by atoms with Crippen molar-refractivity contribution >= 4 is 43.2 Å². The standard InChI is InChI=1S/C15H9NO5S/c1-7-2-3-11-9(4-7)14(17)13-10(15(18)19)5-8(16(20)21)6-12(13)22-11/h2-6H,1H3,(H,18,19). The van der Waals surface area contributed by atoms with Gasteiger partial charge >= 0.3 is 5.97 Å². The molecule has 0 saturated carbocycles. The van der Waals surface area contributed by atoms with E-state index in [1.165, 1.54) is 17.4 Å². The van der Waals surface area contributed by atoms with Gasteiger partial charge in [0, 0.05) is 26.9 Å². The van der Waals surface area contributed by atoms with E-state index in [1.807, 2.05) is 13.0 Å². The normalized spacial score (nSPS) is 11.0. The van der Waals surface area contributed by atoms with Crippen molar-refractivity contribution in [3.8, 4) is 0 Å². The number of rotatable bonds is 2. The second-order valence-corrected chi connectivity index (χ2v) is 5.94. The van der Waals surface area contributed by atoms with Gasteiger partial charge in [0.15, 0.2) is 5.43 Å². The van der Waals surface area contributed by atoms with Crippen LogP contribution in [0, 0.1) is 17.0 Å². The Morgan fingerprint density at radius 1 is 1.23 bits per heavy atom. The molecule has 3 rings (SSSR count). The Kier molecular flexibility index (Phi) is 3.14. The van der Waals surface area contributed by atoms with Gasteiger partial charge in [-0.25, -0.2) is 4.79 Å². The molecule has 22 heavy (non-hydrogen) atoms. The van der Waals surface area contributed by atoms with E-state index in [4.69, 9.17) is 0 Å². The van der Waals surface area contributed by atoms with E-state index in [0.29, 0.717) is 14.8 Å². The van der Waals surface area contributed by atoms with Crippen molar-refractivity contribution in [2.75, 3.05) is 0 Å². The number of nitrogens with zero attached hydrogens (tertiary/aromatic N) is 1. The minimum Gasteiger partial charge on any atom is -0.478 e. The average Bonchev–Trinajstić information content (AvgIpc) is 2.46. The first kappa shape index (κ1) is 14.2. The zero-order chi connectivity index (χ0) is 16.0. The molecular formula is C15H9NO5S. The lowest BCUT2D eigenvalue weighted by molar-refractivity contribution is -0.384. The van der Waals surface area contributed by atoms with Gasteiger partial charge in [0.1, 0.15) is 0 Å². The van der Waals surface area contributed by atoms with Crippen LogP contribution in [0.1, 0.15) is 15.9 Å². The number of carboxylic acids is 1. The summed E-state index contributed by atoms with van der Waals surface area (Å²) in [5, 5.41) is 20.7. The summed E-state index contributed by atoms with van der Waals surface area (Å²) in [4.78, 5) is 34.3. The van der Waals surface area contributed by atoms with Crippen LogP contribution in [0.2, 0.25) is 0 Å². The Bertz CT molecular complexity index is 1020. The number of nitro groups is 1. The monoisotopic (exact) mass is 315 g/mol. The smallest absolute Gasteiger partial charge is 0.336 e. The predicted molar refractivity (Wildman–Crippen MR) is 84.0 cm³/mol. The Hall–Kier alpha value is -2.80. The highest BCUT2D eigenvalue weighted by Crippen LogP contribution is 2.30. The number of aryl methyl sites for hydroxylation is 1. The van der Waals surface area contributed by atoms with E-state index in [2.05, 4.69) is 0 Å². The molecule has 2 aromatic carbocycles. The molecular weight excluding hydrogens is 306 g/mol.